The molecule has 1 heterocycles. The molecule has 3 aromatic carbocycles. The Morgan fingerprint density at radius 3 is 2.24 bits per heavy atom. The standard InChI is InChI=1S/C28H28N2O4/c31-28(32)21-13-16-26-25(19-21)29-27(30(26)22-7-3-1-4-8-22)20-11-14-24(15-12-20)34-18-17-33-23-9-5-2-6-10-23/h2,5-6,9-16,19,22H,1,3-4,7-8,17-18H2,(H,31,32). The Labute approximate surface area is 198 Å². The maximum absolute atomic E-state index is 11.5. The number of benzene rings is 3. The molecule has 0 saturated heterocycles. The van der Waals surface area contributed by atoms with E-state index < -0.39 is 5.97 Å². The third-order valence-corrected chi connectivity index (χ3v) is 6.35. The number of hydrogen-bond acceptors (Lipinski definition) is 4. The molecule has 1 aromatic heterocycles. The second-order valence-electron chi connectivity index (χ2n) is 8.64. The maximum atomic E-state index is 11.5. The second kappa shape index (κ2) is 10.00. The number of carbonyl (C=O) groups is 1. The maximum Gasteiger partial charge on any atom is 0.335 e. The predicted octanol–water partition coefficient (Wildman–Crippen LogP) is 6.36. The van der Waals surface area contributed by atoms with E-state index in [-0.39, 0.29) is 5.56 Å². The first-order chi connectivity index (χ1) is 16.7. The molecule has 4 aromatic rings. The molecule has 5 rings (SSSR count). The van der Waals surface area contributed by atoms with Crippen molar-refractivity contribution in [2.75, 3.05) is 13.2 Å². The molecule has 174 valence electrons. The van der Waals surface area contributed by atoms with Crippen LogP contribution < -0.4 is 9.47 Å². The minimum atomic E-state index is -0.937. The van der Waals surface area contributed by atoms with E-state index in [0.717, 1.165) is 46.8 Å². The monoisotopic (exact) mass is 456 g/mol. The van der Waals surface area contributed by atoms with Crippen LogP contribution in [0.5, 0.6) is 11.5 Å². The van der Waals surface area contributed by atoms with Gasteiger partial charge in [0.25, 0.3) is 0 Å². The zero-order valence-corrected chi connectivity index (χ0v) is 19.0. The lowest BCUT2D eigenvalue weighted by Crippen LogP contribution is -2.14. The summed E-state index contributed by atoms with van der Waals surface area (Å²) in [6.07, 6.45) is 5.90. The third-order valence-electron chi connectivity index (χ3n) is 6.35. The predicted molar refractivity (Wildman–Crippen MR) is 132 cm³/mol. The van der Waals surface area contributed by atoms with E-state index in [0.29, 0.717) is 19.3 Å². The fourth-order valence-corrected chi connectivity index (χ4v) is 4.68. The summed E-state index contributed by atoms with van der Waals surface area (Å²) in [5, 5.41) is 9.41. The number of aromatic nitrogens is 2. The van der Waals surface area contributed by atoms with Gasteiger partial charge in [-0.1, -0.05) is 37.5 Å². The highest BCUT2D eigenvalue weighted by Gasteiger charge is 2.23. The topological polar surface area (TPSA) is 73.6 Å². The molecule has 34 heavy (non-hydrogen) atoms. The van der Waals surface area contributed by atoms with E-state index in [2.05, 4.69) is 4.57 Å². The third kappa shape index (κ3) is 4.76. The van der Waals surface area contributed by atoms with Crippen LogP contribution in [0.15, 0.2) is 72.8 Å². The molecule has 0 unspecified atom stereocenters. The van der Waals surface area contributed by atoms with E-state index in [4.69, 9.17) is 14.5 Å². The molecule has 1 saturated carbocycles. The van der Waals surface area contributed by atoms with Gasteiger partial charge < -0.3 is 19.1 Å². The van der Waals surface area contributed by atoms with E-state index >= 15 is 0 Å². The number of carboxylic acid groups (broad SMARTS) is 1. The summed E-state index contributed by atoms with van der Waals surface area (Å²) in [7, 11) is 0. The highest BCUT2D eigenvalue weighted by Crippen LogP contribution is 2.36. The molecule has 1 N–H and O–H groups in total. The fourth-order valence-electron chi connectivity index (χ4n) is 4.68. The molecule has 6 nitrogen and oxygen atoms in total. The quantitative estimate of drug-likeness (QED) is 0.312. The molecular formula is C28H28N2O4. The summed E-state index contributed by atoms with van der Waals surface area (Å²) in [5.41, 5.74) is 2.96. The van der Waals surface area contributed by atoms with Gasteiger partial charge in [-0.05, 0) is 67.4 Å². The van der Waals surface area contributed by atoms with Crippen molar-refractivity contribution in [2.45, 2.75) is 38.1 Å². The largest absolute Gasteiger partial charge is 0.490 e. The number of rotatable bonds is 8. The van der Waals surface area contributed by atoms with E-state index in [1.807, 2.05) is 60.7 Å². The van der Waals surface area contributed by atoms with Crippen LogP contribution in [0.3, 0.4) is 0 Å². The lowest BCUT2D eigenvalue weighted by Gasteiger charge is -2.25. The van der Waals surface area contributed by atoms with Crippen LogP contribution in [0.25, 0.3) is 22.4 Å². The number of fused-ring (bicyclic) bond motifs is 1. The lowest BCUT2D eigenvalue weighted by molar-refractivity contribution is 0.0697. The Kier molecular flexibility index (Phi) is 6.47. The van der Waals surface area contributed by atoms with Crippen LogP contribution in [0.4, 0.5) is 0 Å². The minimum absolute atomic E-state index is 0.258. The van der Waals surface area contributed by atoms with Gasteiger partial charge in [-0.3, -0.25) is 0 Å². The summed E-state index contributed by atoms with van der Waals surface area (Å²) in [6, 6.07) is 23.2. The van der Waals surface area contributed by atoms with Gasteiger partial charge in [-0.25, -0.2) is 9.78 Å². The Morgan fingerprint density at radius 1 is 0.882 bits per heavy atom. The van der Waals surface area contributed by atoms with Gasteiger partial charge >= 0.3 is 5.97 Å². The smallest absolute Gasteiger partial charge is 0.335 e. The number of imidazole rings is 1. The van der Waals surface area contributed by atoms with E-state index in [1.165, 1.54) is 19.3 Å². The zero-order chi connectivity index (χ0) is 23.3. The number of ether oxygens (including phenoxy) is 2. The van der Waals surface area contributed by atoms with E-state index in [1.54, 1.807) is 12.1 Å². The fraction of sp³-hybridized carbons (Fsp3) is 0.286. The van der Waals surface area contributed by atoms with Gasteiger partial charge in [0.2, 0.25) is 0 Å². The van der Waals surface area contributed by atoms with Crippen molar-refractivity contribution in [2.24, 2.45) is 0 Å². The highest BCUT2D eigenvalue weighted by atomic mass is 16.5. The summed E-state index contributed by atoms with van der Waals surface area (Å²) in [5.74, 6) is 1.54. The van der Waals surface area contributed by atoms with Gasteiger partial charge in [-0.15, -0.1) is 0 Å². The molecule has 0 atom stereocenters. The first-order valence-corrected chi connectivity index (χ1v) is 11.9. The average molecular weight is 457 g/mol. The van der Waals surface area contributed by atoms with Crippen molar-refractivity contribution in [3.63, 3.8) is 0 Å². The molecule has 1 fully saturated rings. The van der Waals surface area contributed by atoms with Crippen LogP contribution in [-0.2, 0) is 0 Å². The molecule has 0 radical (unpaired) electrons. The molecule has 1 aliphatic carbocycles. The van der Waals surface area contributed by atoms with Gasteiger partial charge in [-0.2, -0.15) is 0 Å². The number of para-hydroxylation sites is 1. The first-order valence-electron chi connectivity index (χ1n) is 11.9. The zero-order valence-electron chi connectivity index (χ0n) is 19.0. The number of aromatic carboxylic acids is 1. The van der Waals surface area contributed by atoms with Crippen molar-refractivity contribution < 1.29 is 19.4 Å². The Balaban J connectivity index is 1.36. The Morgan fingerprint density at radius 2 is 1.56 bits per heavy atom. The van der Waals surface area contributed by atoms with Crippen LogP contribution in [-0.4, -0.2) is 33.8 Å². The normalized spacial score (nSPS) is 14.2. The van der Waals surface area contributed by atoms with Gasteiger partial charge in [0, 0.05) is 11.6 Å². The minimum Gasteiger partial charge on any atom is -0.490 e. The molecule has 0 spiro atoms. The average Bonchev–Trinajstić information content (AvgIpc) is 3.27. The molecule has 1 aliphatic rings. The summed E-state index contributed by atoms with van der Waals surface area (Å²) >= 11 is 0. The summed E-state index contributed by atoms with van der Waals surface area (Å²) < 4.78 is 13.8. The molecule has 6 heteroatoms. The van der Waals surface area contributed by atoms with Crippen LogP contribution >= 0.6 is 0 Å². The van der Waals surface area contributed by atoms with Crippen LogP contribution in [0, 0.1) is 0 Å². The number of nitrogens with zero attached hydrogens (tertiary/aromatic N) is 2. The first kappa shape index (κ1) is 22.0. The summed E-state index contributed by atoms with van der Waals surface area (Å²) in [4.78, 5) is 16.4. The van der Waals surface area contributed by atoms with Gasteiger partial charge in [0.05, 0.1) is 16.6 Å². The molecule has 0 aliphatic heterocycles. The lowest BCUT2D eigenvalue weighted by atomic mass is 9.95. The van der Waals surface area contributed by atoms with Crippen molar-refractivity contribution >= 4 is 17.0 Å². The Hall–Kier alpha value is -3.80. The highest BCUT2D eigenvalue weighted by molar-refractivity contribution is 5.93. The van der Waals surface area contributed by atoms with Gasteiger partial charge in [0.1, 0.15) is 30.5 Å². The SMILES string of the molecule is O=C(O)c1ccc2c(c1)nc(-c1ccc(OCCOc3ccccc3)cc1)n2C1CCCCC1. The molecule has 0 amide bonds. The van der Waals surface area contributed by atoms with Crippen molar-refractivity contribution in [1.29, 1.82) is 0 Å². The van der Waals surface area contributed by atoms with Crippen LogP contribution in [0.1, 0.15) is 48.5 Å². The van der Waals surface area contributed by atoms with Crippen LogP contribution in [0.2, 0.25) is 0 Å². The van der Waals surface area contributed by atoms with Crippen molar-refractivity contribution in [3.05, 3.63) is 78.4 Å². The second-order valence-corrected chi connectivity index (χ2v) is 8.64. The molecular weight excluding hydrogens is 428 g/mol. The summed E-state index contributed by atoms with van der Waals surface area (Å²) in [6.45, 7) is 0.919. The van der Waals surface area contributed by atoms with Crippen molar-refractivity contribution in [1.82, 2.24) is 9.55 Å². The number of hydrogen-bond donors (Lipinski definition) is 1. The van der Waals surface area contributed by atoms with Crippen molar-refractivity contribution in [3.8, 4) is 22.9 Å². The number of carboxylic acids is 1. The molecule has 0 bridgehead atoms. The van der Waals surface area contributed by atoms with Gasteiger partial charge in [0.15, 0.2) is 0 Å². The van der Waals surface area contributed by atoms with E-state index in [9.17, 15) is 9.90 Å². The Bertz CT molecular complexity index is 1260.